The van der Waals surface area contributed by atoms with Gasteiger partial charge in [-0.2, -0.15) is 0 Å². The van der Waals surface area contributed by atoms with Crippen LogP contribution in [0.15, 0.2) is 42.6 Å². The first-order valence-electron chi connectivity index (χ1n) is 8.52. The first-order chi connectivity index (χ1) is 13.4. The molecule has 0 radical (unpaired) electrons. The third-order valence-corrected chi connectivity index (χ3v) is 4.31. The number of aromatic nitrogens is 3. The number of rotatable bonds is 5. The fraction of sp³-hybridized carbons (Fsp3) is 0.333. The largest absolute Gasteiger partial charge is 0.483 e. The van der Waals surface area contributed by atoms with Gasteiger partial charge >= 0.3 is 0 Å². The van der Waals surface area contributed by atoms with Crippen molar-refractivity contribution in [3.05, 3.63) is 42.6 Å². The Kier molecular flexibility index (Phi) is 6.80. The quantitative estimate of drug-likeness (QED) is 0.529. The number of methoxy groups -OCH3 is 1. The number of carbonyl (C=O) groups excluding carboxylic acids is 1. The highest BCUT2D eigenvalue weighted by Crippen LogP contribution is 2.32. The third-order valence-electron chi connectivity index (χ3n) is 4.31. The zero-order valence-electron chi connectivity index (χ0n) is 15.6. The first kappa shape index (κ1) is 21.0. The van der Waals surface area contributed by atoms with Gasteiger partial charge < -0.3 is 30.9 Å². The second-order valence-electron chi connectivity index (χ2n) is 6.11. The lowest BCUT2D eigenvalue weighted by atomic mass is 10.1. The lowest BCUT2D eigenvalue weighted by Gasteiger charge is -2.31. The molecule has 0 bridgehead atoms. The summed E-state index contributed by atoms with van der Waals surface area (Å²) in [5.41, 5.74) is 13.4. The van der Waals surface area contributed by atoms with Crippen LogP contribution in [0.25, 0.3) is 17.1 Å². The van der Waals surface area contributed by atoms with Crippen molar-refractivity contribution in [3.8, 4) is 11.3 Å². The van der Waals surface area contributed by atoms with Gasteiger partial charge in [-0.05, 0) is 12.1 Å². The molecule has 0 spiro atoms. The van der Waals surface area contributed by atoms with E-state index < -0.39 is 5.92 Å². The minimum atomic E-state index is -2.61. The van der Waals surface area contributed by atoms with Crippen molar-refractivity contribution >= 4 is 18.4 Å². The van der Waals surface area contributed by atoms with E-state index in [1.54, 1.807) is 17.0 Å². The Morgan fingerprint density at radius 2 is 2.00 bits per heavy atom. The van der Waals surface area contributed by atoms with Crippen molar-refractivity contribution in [2.24, 2.45) is 11.5 Å². The van der Waals surface area contributed by atoms with Gasteiger partial charge in [-0.3, -0.25) is 0 Å². The Balaban J connectivity index is 0.00000136. The second kappa shape index (κ2) is 9.07. The fourth-order valence-corrected chi connectivity index (χ4v) is 2.78. The third kappa shape index (κ3) is 4.90. The van der Waals surface area contributed by atoms with Crippen LogP contribution in [-0.2, 0) is 9.53 Å². The number of anilines is 1. The maximum absolute atomic E-state index is 13.4. The van der Waals surface area contributed by atoms with E-state index in [0.29, 0.717) is 11.6 Å². The average Bonchev–Trinajstić information content (AvgIpc) is 3.37. The van der Waals surface area contributed by atoms with E-state index >= 15 is 0 Å². The number of aromatic amines is 1. The van der Waals surface area contributed by atoms with Gasteiger partial charge in [0, 0.05) is 56.0 Å². The highest BCUT2D eigenvalue weighted by molar-refractivity contribution is 5.68. The highest BCUT2D eigenvalue weighted by Gasteiger charge is 2.35. The fourth-order valence-electron chi connectivity index (χ4n) is 2.78. The van der Waals surface area contributed by atoms with Crippen molar-refractivity contribution in [1.29, 1.82) is 0 Å². The van der Waals surface area contributed by atoms with E-state index in [1.165, 1.54) is 13.2 Å². The molecule has 2 aromatic rings. The molecule has 1 fully saturated rings. The topological polar surface area (TPSA) is 115 Å². The lowest BCUT2D eigenvalue weighted by molar-refractivity contribution is -0.0980. The van der Waals surface area contributed by atoms with Crippen LogP contribution in [0, 0.1) is 0 Å². The number of nitrogens with zero attached hydrogens (tertiary/aromatic N) is 3. The van der Waals surface area contributed by atoms with E-state index in [4.69, 9.17) is 21.0 Å². The molecular weight excluding hydrogens is 370 g/mol. The molecule has 1 saturated heterocycles. The van der Waals surface area contributed by atoms with Gasteiger partial charge in [0.1, 0.15) is 12.6 Å². The van der Waals surface area contributed by atoms with Crippen LogP contribution in [0.3, 0.4) is 0 Å². The molecule has 5 N–H and O–H groups in total. The predicted octanol–water partition coefficient (Wildman–Crippen LogP) is 2.13. The van der Waals surface area contributed by atoms with Gasteiger partial charge in [-0.1, -0.05) is 0 Å². The number of nitrogens with two attached hydrogens (primary N) is 2. The smallest absolute Gasteiger partial charge is 0.251 e. The number of nitrogens with one attached hydrogen (secondary N) is 1. The summed E-state index contributed by atoms with van der Waals surface area (Å²) in [4.78, 5) is 12.8. The molecule has 3 rings (SSSR count). The summed E-state index contributed by atoms with van der Waals surface area (Å²) in [6.07, 6.45) is 6.34. The molecule has 28 heavy (non-hydrogen) atoms. The normalized spacial score (nSPS) is 17.0. The number of alkyl halides is 2. The summed E-state index contributed by atoms with van der Waals surface area (Å²) in [5.74, 6) is -1.46. The van der Waals surface area contributed by atoms with Gasteiger partial charge in [-0.15, -0.1) is 5.10 Å². The minimum Gasteiger partial charge on any atom is -0.483 e. The van der Waals surface area contributed by atoms with Crippen LogP contribution >= 0.6 is 0 Å². The molecule has 0 saturated carbocycles. The van der Waals surface area contributed by atoms with Crippen molar-refractivity contribution < 1.29 is 18.3 Å². The molecule has 3 heterocycles. The van der Waals surface area contributed by atoms with E-state index in [-0.39, 0.29) is 31.8 Å². The summed E-state index contributed by atoms with van der Waals surface area (Å²) >= 11 is 0. The molecule has 1 aliphatic rings. The summed E-state index contributed by atoms with van der Waals surface area (Å²) in [6, 6.07) is 3.73. The maximum Gasteiger partial charge on any atom is 0.251 e. The minimum absolute atomic E-state index is 0.183. The summed E-state index contributed by atoms with van der Waals surface area (Å²) in [5, 5.41) is 4.52. The lowest BCUT2D eigenvalue weighted by Crippen LogP contribution is -2.39. The molecular formula is C18H24F2N6O2. The molecule has 152 valence electrons. The van der Waals surface area contributed by atoms with Crippen LogP contribution < -0.4 is 16.4 Å². The van der Waals surface area contributed by atoms with Crippen LogP contribution in [0.1, 0.15) is 12.8 Å². The second-order valence-corrected chi connectivity index (χ2v) is 6.11. The number of carbonyl (C=O) groups is 1. The molecule has 1 aliphatic heterocycles. The molecule has 0 atom stereocenters. The zero-order valence-corrected chi connectivity index (χ0v) is 15.6. The van der Waals surface area contributed by atoms with Crippen molar-refractivity contribution in [2.45, 2.75) is 18.8 Å². The summed E-state index contributed by atoms with van der Waals surface area (Å²) in [7, 11) is 1.46. The SMILES string of the molecule is C=O.CO/C(N)=C/C=C(\N)n1nc(N2CCC(F)(F)CC2)cc1-c1cc[nH]c1. The number of halogens is 2. The molecule has 8 nitrogen and oxygen atoms in total. The standard InChI is InChI=1S/C17H22F2N6O.CH2O/c1-26-15(21)3-2-14(20)25-13(12-4-7-22-11-12)10-16(23-25)24-8-5-17(18,19)6-9-24;1-2/h2-4,7,10-11,22H,5-6,8-9,20-21H2,1H3;1H2/b14-2+,15-3+;. The molecule has 10 heteroatoms. The van der Waals surface area contributed by atoms with E-state index in [0.717, 1.165) is 11.3 Å². The van der Waals surface area contributed by atoms with E-state index in [1.807, 2.05) is 30.0 Å². The van der Waals surface area contributed by atoms with Crippen LogP contribution in [0.5, 0.6) is 0 Å². The van der Waals surface area contributed by atoms with Crippen LogP contribution in [0.4, 0.5) is 14.6 Å². The number of allylic oxidation sites excluding steroid dienone is 2. The van der Waals surface area contributed by atoms with E-state index in [2.05, 4.69) is 10.1 Å². The first-order valence-corrected chi connectivity index (χ1v) is 8.52. The number of piperidine rings is 1. The van der Waals surface area contributed by atoms with Gasteiger partial charge in [0.2, 0.25) is 0 Å². The Hall–Kier alpha value is -3.30. The molecule has 0 aromatic carbocycles. The maximum atomic E-state index is 13.4. The van der Waals surface area contributed by atoms with Gasteiger partial charge in [0.25, 0.3) is 5.92 Å². The molecule has 0 amide bonds. The number of H-pyrrole nitrogens is 1. The van der Waals surface area contributed by atoms with Crippen molar-refractivity contribution in [2.75, 3.05) is 25.1 Å². The summed E-state index contributed by atoms with van der Waals surface area (Å²) < 4.78 is 33.3. The van der Waals surface area contributed by atoms with Crippen molar-refractivity contribution in [3.63, 3.8) is 0 Å². The zero-order chi connectivity index (χ0) is 20.7. The molecule has 0 aliphatic carbocycles. The summed E-state index contributed by atoms with van der Waals surface area (Å²) in [6.45, 7) is 2.49. The van der Waals surface area contributed by atoms with Crippen LogP contribution in [-0.4, -0.2) is 47.7 Å². The molecule has 2 aromatic heterocycles. The number of hydrogen-bond acceptors (Lipinski definition) is 6. The van der Waals surface area contributed by atoms with E-state index in [9.17, 15) is 8.78 Å². The van der Waals surface area contributed by atoms with Gasteiger partial charge in [0.05, 0.1) is 12.8 Å². The average molecular weight is 394 g/mol. The Bertz CT molecular complexity index is 819. The van der Waals surface area contributed by atoms with Crippen molar-refractivity contribution in [1.82, 2.24) is 14.8 Å². The Morgan fingerprint density at radius 1 is 1.32 bits per heavy atom. The number of hydrogen-bond donors (Lipinski definition) is 3. The predicted molar refractivity (Wildman–Crippen MR) is 103 cm³/mol. The monoisotopic (exact) mass is 394 g/mol. The van der Waals surface area contributed by atoms with Crippen LogP contribution in [0.2, 0.25) is 0 Å². The van der Waals surface area contributed by atoms with Gasteiger partial charge in [0.15, 0.2) is 11.7 Å². The highest BCUT2D eigenvalue weighted by atomic mass is 19.3. The Morgan fingerprint density at radius 3 is 2.57 bits per heavy atom. The number of ether oxygens (including phenoxy) is 1. The Labute approximate surface area is 161 Å². The molecule has 0 unspecified atom stereocenters. The van der Waals surface area contributed by atoms with Gasteiger partial charge in [-0.25, -0.2) is 13.5 Å².